The zero-order chi connectivity index (χ0) is 24.9. The van der Waals surface area contributed by atoms with Crippen LogP contribution in [-0.4, -0.2) is 71.5 Å². The van der Waals surface area contributed by atoms with Crippen molar-refractivity contribution in [1.29, 1.82) is 0 Å². The zero-order valence-corrected chi connectivity index (χ0v) is 20.5. The van der Waals surface area contributed by atoms with Gasteiger partial charge in [-0.05, 0) is 56.3 Å². The van der Waals surface area contributed by atoms with E-state index in [0.29, 0.717) is 17.0 Å². The number of nitrogens with two attached hydrogens (primary N) is 1. The molecule has 1 aliphatic heterocycles. The van der Waals surface area contributed by atoms with E-state index in [1.807, 2.05) is 16.7 Å². The summed E-state index contributed by atoms with van der Waals surface area (Å²) in [6.45, 7) is 4.08. The molecule has 3 aliphatic rings. The highest BCUT2D eigenvalue weighted by Crippen LogP contribution is 2.56. The van der Waals surface area contributed by atoms with Crippen LogP contribution >= 0.6 is 0 Å². The van der Waals surface area contributed by atoms with Gasteiger partial charge in [0.1, 0.15) is 17.1 Å². The number of hydrogen-bond acceptors (Lipinski definition) is 6. The number of rotatable bonds is 6. The molecule has 0 radical (unpaired) electrons. The second-order valence-corrected chi connectivity index (χ2v) is 10.6. The molecular formula is C27H32N6O3. The van der Waals surface area contributed by atoms with Crippen LogP contribution in [0.15, 0.2) is 48.8 Å². The van der Waals surface area contributed by atoms with Crippen LogP contribution in [0.5, 0.6) is 5.75 Å². The molecule has 1 aromatic carbocycles. The van der Waals surface area contributed by atoms with Crippen LogP contribution in [0.2, 0.25) is 0 Å². The summed E-state index contributed by atoms with van der Waals surface area (Å²) >= 11 is 0. The first-order valence-corrected chi connectivity index (χ1v) is 12.7. The monoisotopic (exact) mass is 488 g/mol. The second-order valence-electron chi connectivity index (χ2n) is 10.6. The van der Waals surface area contributed by atoms with E-state index in [9.17, 15) is 9.59 Å². The average molecular weight is 489 g/mol. The minimum Gasteiger partial charge on any atom is -0.490 e. The van der Waals surface area contributed by atoms with Gasteiger partial charge >= 0.3 is 0 Å². The molecule has 9 heteroatoms. The maximum Gasteiger partial charge on any atom is 0.270 e. The predicted molar refractivity (Wildman–Crippen MR) is 136 cm³/mol. The standard InChI is InChI=1S/C27H32N6O3/c1-31-8-10-32(11-9-31)19-6-7-33-22(17-29-24(33)12-19)26(35)30-18-13-27(14-18)15-20(16-27)36-23-5-3-2-4-21(23)25(28)34/h2-7,12,17-18,20H,8-11,13-16H2,1H3,(H2,28,34)(H,30,35). The van der Waals surface area contributed by atoms with Crippen molar-refractivity contribution >= 4 is 23.1 Å². The third kappa shape index (κ3) is 4.17. The highest BCUT2D eigenvalue weighted by Gasteiger charge is 2.54. The van der Waals surface area contributed by atoms with Crippen molar-refractivity contribution < 1.29 is 14.3 Å². The van der Waals surface area contributed by atoms with Crippen molar-refractivity contribution in [3.05, 3.63) is 60.0 Å². The molecule has 6 rings (SSSR count). The molecule has 3 aromatic rings. The van der Waals surface area contributed by atoms with Gasteiger partial charge in [0, 0.05) is 50.2 Å². The van der Waals surface area contributed by atoms with E-state index in [4.69, 9.17) is 10.5 Å². The van der Waals surface area contributed by atoms with Gasteiger partial charge in [0.2, 0.25) is 0 Å². The summed E-state index contributed by atoms with van der Waals surface area (Å²) in [4.78, 5) is 33.8. The van der Waals surface area contributed by atoms with E-state index >= 15 is 0 Å². The number of ether oxygens (including phenoxy) is 1. The molecule has 2 amide bonds. The Morgan fingerprint density at radius 1 is 1.08 bits per heavy atom. The van der Waals surface area contributed by atoms with E-state index in [2.05, 4.69) is 39.3 Å². The van der Waals surface area contributed by atoms with Crippen molar-refractivity contribution in [1.82, 2.24) is 19.6 Å². The maximum absolute atomic E-state index is 13.0. The number of carbonyl (C=O) groups excluding carboxylic acids is 2. The molecule has 0 unspecified atom stereocenters. The summed E-state index contributed by atoms with van der Waals surface area (Å²) in [5.41, 5.74) is 8.60. The Balaban J connectivity index is 1.02. The minimum absolute atomic E-state index is 0.0791. The molecule has 188 valence electrons. The normalized spacial score (nSPS) is 25.9. The largest absolute Gasteiger partial charge is 0.490 e. The quantitative estimate of drug-likeness (QED) is 0.552. The predicted octanol–water partition coefficient (Wildman–Crippen LogP) is 2.30. The van der Waals surface area contributed by atoms with Crippen molar-refractivity contribution in [3.63, 3.8) is 0 Å². The highest BCUT2D eigenvalue weighted by atomic mass is 16.5. The summed E-state index contributed by atoms with van der Waals surface area (Å²) in [6, 6.07) is 11.4. The number of primary amides is 1. The van der Waals surface area contributed by atoms with Gasteiger partial charge in [-0.15, -0.1) is 0 Å². The van der Waals surface area contributed by atoms with Gasteiger partial charge in [-0.2, -0.15) is 0 Å². The number of anilines is 1. The molecule has 9 nitrogen and oxygen atoms in total. The molecule has 3 heterocycles. The number of nitrogens with zero attached hydrogens (tertiary/aromatic N) is 4. The Labute approximate surface area is 210 Å². The van der Waals surface area contributed by atoms with Crippen LogP contribution < -0.4 is 20.7 Å². The Bertz CT molecular complexity index is 1300. The molecule has 0 atom stereocenters. The minimum atomic E-state index is -0.478. The Morgan fingerprint density at radius 3 is 2.58 bits per heavy atom. The van der Waals surface area contributed by atoms with Crippen LogP contribution in [0.4, 0.5) is 5.69 Å². The summed E-state index contributed by atoms with van der Waals surface area (Å²) in [6.07, 6.45) is 7.44. The molecule has 3 N–H and O–H groups in total. The van der Waals surface area contributed by atoms with Crippen LogP contribution in [0, 0.1) is 5.41 Å². The lowest BCUT2D eigenvalue weighted by Crippen LogP contribution is -2.58. The lowest BCUT2D eigenvalue weighted by Gasteiger charge is -2.57. The van der Waals surface area contributed by atoms with Crippen LogP contribution in [0.1, 0.15) is 46.5 Å². The van der Waals surface area contributed by atoms with Crippen LogP contribution in [0.25, 0.3) is 5.65 Å². The molecule has 36 heavy (non-hydrogen) atoms. The molecule has 0 bridgehead atoms. The number of piperazine rings is 1. The van der Waals surface area contributed by atoms with Gasteiger partial charge in [-0.3, -0.25) is 14.0 Å². The number of pyridine rings is 1. The lowest BCUT2D eigenvalue weighted by atomic mass is 9.53. The van der Waals surface area contributed by atoms with E-state index in [1.54, 1.807) is 24.4 Å². The van der Waals surface area contributed by atoms with Gasteiger partial charge in [0.05, 0.1) is 17.9 Å². The van der Waals surface area contributed by atoms with Gasteiger partial charge in [-0.1, -0.05) is 12.1 Å². The number of imidazole rings is 1. The first kappa shape index (κ1) is 22.8. The van der Waals surface area contributed by atoms with Crippen LogP contribution in [0.3, 0.4) is 0 Å². The van der Waals surface area contributed by atoms with E-state index < -0.39 is 5.91 Å². The Hall–Kier alpha value is -3.59. The number of para-hydroxylation sites is 1. The summed E-state index contributed by atoms with van der Waals surface area (Å²) in [5, 5.41) is 3.19. The van der Waals surface area contributed by atoms with Crippen molar-refractivity contribution in [2.75, 3.05) is 38.1 Å². The van der Waals surface area contributed by atoms with Gasteiger partial charge < -0.3 is 25.6 Å². The Kier molecular flexibility index (Phi) is 5.59. The molecule has 3 fully saturated rings. The fraction of sp³-hybridized carbons (Fsp3) is 0.444. The molecule has 1 saturated heterocycles. The number of likely N-dealkylation sites (N-methyl/N-ethyl adjacent to an activating group) is 1. The first-order chi connectivity index (χ1) is 17.4. The number of amides is 2. The number of fused-ring (bicyclic) bond motifs is 1. The van der Waals surface area contributed by atoms with Crippen LogP contribution in [-0.2, 0) is 0 Å². The van der Waals surface area contributed by atoms with E-state index in [1.165, 1.54) is 0 Å². The topological polar surface area (TPSA) is 105 Å². The van der Waals surface area contributed by atoms with Gasteiger partial charge in [0.25, 0.3) is 11.8 Å². The zero-order valence-electron chi connectivity index (χ0n) is 20.5. The molecular weight excluding hydrogens is 456 g/mol. The summed E-state index contributed by atoms with van der Waals surface area (Å²) in [7, 11) is 2.15. The average Bonchev–Trinajstić information content (AvgIpc) is 3.25. The first-order valence-electron chi connectivity index (χ1n) is 12.7. The fourth-order valence-electron chi connectivity index (χ4n) is 6.02. The molecule has 1 spiro atoms. The number of carbonyl (C=O) groups is 2. The van der Waals surface area contributed by atoms with Gasteiger partial charge in [-0.25, -0.2) is 4.98 Å². The number of hydrogen-bond donors (Lipinski definition) is 2. The van der Waals surface area contributed by atoms with Gasteiger partial charge in [0.15, 0.2) is 0 Å². The Morgan fingerprint density at radius 2 is 1.83 bits per heavy atom. The molecule has 2 aromatic heterocycles. The second kappa shape index (κ2) is 8.81. The number of nitrogens with one attached hydrogen (secondary N) is 1. The van der Waals surface area contributed by atoms with Crippen molar-refractivity contribution in [2.45, 2.75) is 37.8 Å². The maximum atomic E-state index is 13.0. The SMILES string of the molecule is CN1CCN(c2ccn3c(C(=O)NC4CC5(C4)CC(Oc4ccccc4C(N)=O)C5)cnc3c2)CC1. The summed E-state index contributed by atoms with van der Waals surface area (Å²) in [5.74, 6) is -0.0105. The van der Waals surface area contributed by atoms with E-state index in [-0.39, 0.29) is 23.5 Å². The summed E-state index contributed by atoms with van der Waals surface area (Å²) < 4.78 is 7.92. The van der Waals surface area contributed by atoms with E-state index in [0.717, 1.165) is 63.2 Å². The third-order valence-corrected chi connectivity index (χ3v) is 8.06. The fourth-order valence-corrected chi connectivity index (χ4v) is 6.02. The number of aromatic nitrogens is 2. The van der Waals surface area contributed by atoms with Crippen molar-refractivity contribution in [2.24, 2.45) is 11.1 Å². The molecule has 2 aliphatic carbocycles. The van der Waals surface area contributed by atoms with Crippen molar-refractivity contribution in [3.8, 4) is 5.75 Å². The molecule has 2 saturated carbocycles. The number of benzene rings is 1. The highest BCUT2D eigenvalue weighted by molar-refractivity contribution is 5.95. The lowest BCUT2D eigenvalue weighted by molar-refractivity contribution is -0.0834. The third-order valence-electron chi connectivity index (χ3n) is 8.06. The smallest absolute Gasteiger partial charge is 0.270 e.